The summed E-state index contributed by atoms with van der Waals surface area (Å²) in [5.74, 6) is 0.0548. The summed E-state index contributed by atoms with van der Waals surface area (Å²) in [5, 5.41) is 9.20. The predicted molar refractivity (Wildman–Crippen MR) is 66.3 cm³/mol. The maximum atomic E-state index is 9.20. The molecule has 10 heavy (non-hydrogen) atoms. The molecule has 0 aromatic heterocycles. The number of hydrogen-bond donors (Lipinski definition) is 1. The topological polar surface area (TPSA) is 20.2 Å². The van der Waals surface area contributed by atoms with Gasteiger partial charge in [-0.15, -0.1) is 0 Å². The molecule has 1 N–H and O–H groups in total. The monoisotopic (exact) mass is 473 g/mol. The summed E-state index contributed by atoms with van der Waals surface area (Å²) >= 11 is 6.36. The van der Waals surface area contributed by atoms with Gasteiger partial charge < -0.3 is 5.11 Å². The van der Waals surface area contributed by atoms with Gasteiger partial charge in [-0.05, 0) is 79.9 Å². The third kappa shape index (κ3) is 2.10. The van der Waals surface area contributed by atoms with E-state index >= 15 is 0 Å². The smallest absolute Gasteiger partial charge is 0.117 e. The molecule has 0 fully saturated rings. The second-order valence-corrected chi connectivity index (χ2v) is 4.95. The molecule has 1 aromatic rings. The quantitative estimate of drug-likeness (QED) is 0.454. The Morgan fingerprint density at radius 3 is 2.50 bits per heavy atom. The Balaban J connectivity index is 3.46. The van der Waals surface area contributed by atoms with E-state index in [-0.39, 0.29) is 11.8 Å². The largest absolute Gasteiger partial charge is 0.508 e. The van der Waals surface area contributed by atoms with Gasteiger partial charge in [0, 0.05) is 10.7 Å². The molecule has 0 bridgehead atoms. The predicted octanol–water partition coefficient (Wildman–Crippen LogP) is 3.21. The van der Waals surface area contributed by atoms with Crippen molar-refractivity contribution in [3.05, 3.63) is 22.8 Å². The van der Waals surface area contributed by atoms with Gasteiger partial charge in [0.15, 0.2) is 0 Å². The summed E-state index contributed by atoms with van der Waals surface area (Å²) < 4.78 is 10.2. The van der Waals surface area contributed by atoms with Crippen LogP contribution < -0.4 is 0 Å². The van der Waals surface area contributed by atoms with Crippen molar-refractivity contribution >= 4 is 67.8 Å². The first-order valence-electron chi connectivity index (χ1n) is 2.87. The fourth-order valence-corrected chi connectivity index (χ4v) is 2.43. The van der Waals surface area contributed by atoms with Crippen molar-refractivity contribution in [2.24, 2.45) is 0 Å². The van der Waals surface area contributed by atoms with E-state index in [1.807, 2.05) is 0 Å². The van der Waals surface area contributed by atoms with Crippen LogP contribution in [0.25, 0.3) is 0 Å². The summed E-state index contributed by atoms with van der Waals surface area (Å²) in [6.07, 6.45) is 0. The highest BCUT2D eigenvalue weighted by Gasteiger charge is 2.02. The van der Waals surface area contributed by atoms with Gasteiger partial charge in [0.1, 0.15) is 5.75 Å². The standard InChI is InChI=1S/C6H3I3O/c7-4-1-3(10)2-5(8)6(4)9/h1-2,10H/i1D. The maximum Gasteiger partial charge on any atom is 0.117 e. The third-order valence-electron chi connectivity index (χ3n) is 0.904. The molecule has 0 spiro atoms. The number of aromatic hydroxyl groups is 1. The van der Waals surface area contributed by atoms with Crippen LogP contribution in [0.3, 0.4) is 0 Å². The maximum absolute atomic E-state index is 9.20. The van der Waals surface area contributed by atoms with Gasteiger partial charge in [-0.1, -0.05) is 0 Å². The van der Waals surface area contributed by atoms with Crippen molar-refractivity contribution in [1.29, 1.82) is 0 Å². The number of benzene rings is 1. The first-order chi connectivity index (χ1) is 5.04. The molecule has 54 valence electrons. The Hall–Kier alpha value is 1.21. The molecule has 0 aliphatic carbocycles. The third-order valence-corrected chi connectivity index (χ3v) is 5.75. The molecule has 1 aromatic carbocycles. The van der Waals surface area contributed by atoms with Crippen LogP contribution in [0.15, 0.2) is 12.1 Å². The normalized spacial score (nSPS) is 11.3. The lowest BCUT2D eigenvalue weighted by molar-refractivity contribution is 0.474. The van der Waals surface area contributed by atoms with Gasteiger partial charge in [-0.25, -0.2) is 0 Å². The van der Waals surface area contributed by atoms with E-state index in [1.54, 1.807) is 6.07 Å². The second kappa shape index (κ2) is 3.74. The lowest BCUT2D eigenvalue weighted by Crippen LogP contribution is -1.83. The Labute approximate surface area is 101 Å². The van der Waals surface area contributed by atoms with Gasteiger partial charge in [0.2, 0.25) is 0 Å². The van der Waals surface area contributed by atoms with Crippen LogP contribution >= 0.6 is 67.8 Å². The molecule has 0 amide bonds. The fraction of sp³-hybridized carbons (Fsp3) is 0. The first-order valence-corrected chi connectivity index (χ1v) is 5.60. The molecule has 1 rings (SSSR count). The first kappa shape index (κ1) is 7.84. The SMILES string of the molecule is [2H]c1c(O)cc(I)c(I)c1I. The highest BCUT2D eigenvalue weighted by molar-refractivity contribution is 14.1. The summed E-state index contributed by atoms with van der Waals surface area (Å²) in [4.78, 5) is 0. The van der Waals surface area contributed by atoms with E-state index in [0.717, 1.165) is 10.7 Å². The molecule has 1 nitrogen and oxygen atoms in total. The zero-order valence-electron chi connectivity index (χ0n) is 5.66. The van der Waals surface area contributed by atoms with Crippen LogP contribution in [-0.4, -0.2) is 5.11 Å². The van der Waals surface area contributed by atoms with Crippen molar-refractivity contribution < 1.29 is 6.48 Å². The number of hydrogen-bond acceptors (Lipinski definition) is 1. The van der Waals surface area contributed by atoms with E-state index in [4.69, 9.17) is 1.37 Å². The summed E-state index contributed by atoms with van der Waals surface area (Å²) in [6.45, 7) is 0. The molecule has 0 aliphatic heterocycles. The minimum atomic E-state index is 0.0548. The molecule has 0 saturated carbocycles. The van der Waals surface area contributed by atoms with Crippen LogP contribution in [-0.2, 0) is 0 Å². The molecular formula is C6H3I3O. The molecule has 0 atom stereocenters. The van der Waals surface area contributed by atoms with Crippen LogP contribution in [0, 0.1) is 10.7 Å². The fourth-order valence-electron chi connectivity index (χ4n) is 0.492. The van der Waals surface area contributed by atoms with E-state index in [2.05, 4.69) is 67.8 Å². The number of phenols is 1. The van der Waals surface area contributed by atoms with E-state index in [0.29, 0.717) is 0 Å². The Kier molecular flexibility index (Phi) is 2.93. The highest BCUT2D eigenvalue weighted by atomic mass is 127. The summed E-state index contributed by atoms with van der Waals surface area (Å²) in [6, 6.07) is 1.82. The molecule has 0 unspecified atom stereocenters. The van der Waals surface area contributed by atoms with Gasteiger partial charge in [-0.2, -0.15) is 0 Å². The van der Waals surface area contributed by atoms with E-state index in [9.17, 15) is 5.11 Å². The second-order valence-electron chi connectivity index (χ2n) is 1.63. The van der Waals surface area contributed by atoms with Crippen LogP contribution in [0.2, 0.25) is 0 Å². The molecule has 4 heteroatoms. The summed E-state index contributed by atoms with van der Waals surface area (Å²) in [7, 11) is 0. The van der Waals surface area contributed by atoms with Gasteiger partial charge in [0.25, 0.3) is 0 Å². The molecule has 0 saturated heterocycles. The summed E-state index contributed by atoms with van der Waals surface area (Å²) in [5.41, 5.74) is 0. The van der Waals surface area contributed by atoms with Crippen molar-refractivity contribution in [2.45, 2.75) is 0 Å². The highest BCUT2D eigenvalue weighted by Crippen LogP contribution is 2.25. The number of halogens is 3. The number of phenolic OH excluding ortho intramolecular Hbond substituents is 1. The lowest BCUT2D eigenvalue weighted by Gasteiger charge is -1.99. The molecule has 0 radical (unpaired) electrons. The van der Waals surface area contributed by atoms with Gasteiger partial charge >= 0.3 is 0 Å². The Morgan fingerprint density at radius 1 is 1.30 bits per heavy atom. The van der Waals surface area contributed by atoms with Crippen molar-refractivity contribution in [3.8, 4) is 5.75 Å². The molecular weight excluding hydrogens is 469 g/mol. The molecule has 0 aliphatic rings. The van der Waals surface area contributed by atoms with E-state index < -0.39 is 0 Å². The van der Waals surface area contributed by atoms with Gasteiger partial charge in [0.05, 0.1) is 1.37 Å². The van der Waals surface area contributed by atoms with Crippen LogP contribution in [0.5, 0.6) is 5.75 Å². The average Bonchev–Trinajstić information content (AvgIpc) is 1.97. The Morgan fingerprint density at radius 2 is 1.90 bits per heavy atom. The number of rotatable bonds is 0. The minimum Gasteiger partial charge on any atom is -0.508 e. The van der Waals surface area contributed by atoms with Crippen molar-refractivity contribution in [3.63, 3.8) is 0 Å². The lowest BCUT2D eigenvalue weighted by atomic mass is 10.3. The molecule has 0 heterocycles. The zero-order chi connectivity index (χ0) is 8.59. The van der Waals surface area contributed by atoms with Crippen molar-refractivity contribution in [1.82, 2.24) is 0 Å². The zero-order valence-corrected chi connectivity index (χ0v) is 11.1. The van der Waals surface area contributed by atoms with Crippen LogP contribution in [0.4, 0.5) is 0 Å². The van der Waals surface area contributed by atoms with E-state index in [1.165, 1.54) is 0 Å². The van der Waals surface area contributed by atoms with Gasteiger partial charge in [-0.3, -0.25) is 0 Å². The Bertz CT molecular complexity index is 274. The van der Waals surface area contributed by atoms with Crippen LogP contribution in [0.1, 0.15) is 1.37 Å². The minimum absolute atomic E-state index is 0.0548. The van der Waals surface area contributed by atoms with Crippen molar-refractivity contribution in [2.75, 3.05) is 0 Å². The average molecular weight is 473 g/mol.